The highest BCUT2D eigenvalue weighted by Crippen LogP contribution is 2.47. The third-order valence-electron chi connectivity index (χ3n) is 3.91. The quantitative estimate of drug-likeness (QED) is 0.763. The fourth-order valence-electron chi connectivity index (χ4n) is 3.00. The minimum Gasteiger partial charge on any atom is -0.275 e. The highest BCUT2D eigenvalue weighted by molar-refractivity contribution is 7.11. The Bertz CT molecular complexity index is 505. The fourth-order valence-corrected chi connectivity index (χ4v) is 3.70. The molecule has 0 bridgehead atoms. The molecule has 1 spiro atoms. The maximum Gasteiger partial charge on any atom is 0.236 e. The average Bonchev–Trinajstić information content (AvgIpc) is 2.99. The van der Waals surface area contributed by atoms with E-state index in [1.165, 1.54) is 16.2 Å². The standard InChI is InChI=1S/C12H15N3O2S/c1-8-13-14-9(18-8)7-15-10(16)6-12(11(15)17)4-2-3-5-12/h2-7H2,1H3. The molecule has 0 aromatic carbocycles. The van der Waals surface area contributed by atoms with Crippen LogP contribution in [0.25, 0.3) is 0 Å². The van der Waals surface area contributed by atoms with Crippen LogP contribution in [0.1, 0.15) is 42.1 Å². The Morgan fingerprint density at radius 3 is 2.61 bits per heavy atom. The van der Waals surface area contributed by atoms with E-state index in [0.29, 0.717) is 13.0 Å². The molecule has 3 rings (SSSR count). The van der Waals surface area contributed by atoms with Crippen molar-refractivity contribution in [2.45, 2.75) is 45.6 Å². The van der Waals surface area contributed by atoms with Crippen molar-refractivity contribution < 1.29 is 9.59 Å². The van der Waals surface area contributed by atoms with E-state index >= 15 is 0 Å². The second-order valence-corrected chi connectivity index (χ2v) is 6.43. The molecule has 0 atom stereocenters. The van der Waals surface area contributed by atoms with Crippen LogP contribution in [-0.4, -0.2) is 26.9 Å². The second-order valence-electron chi connectivity index (χ2n) is 5.16. The third kappa shape index (κ3) is 1.75. The SMILES string of the molecule is Cc1nnc(CN2C(=O)CC3(CCCC3)C2=O)s1. The topological polar surface area (TPSA) is 63.2 Å². The Hall–Kier alpha value is -1.30. The van der Waals surface area contributed by atoms with Gasteiger partial charge in [-0.3, -0.25) is 14.5 Å². The van der Waals surface area contributed by atoms with Crippen molar-refractivity contribution in [2.75, 3.05) is 0 Å². The van der Waals surface area contributed by atoms with Crippen LogP contribution >= 0.6 is 11.3 Å². The molecule has 6 heteroatoms. The molecule has 1 aliphatic carbocycles. The number of carbonyl (C=O) groups is 2. The molecule has 2 amide bonds. The predicted octanol–water partition coefficient (Wildman–Crippen LogP) is 1.67. The number of rotatable bonds is 2. The van der Waals surface area contributed by atoms with E-state index in [4.69, 9.17) is 0 Å². The summed E-state index contributed by atoms with van der Waals surface area (Å²) in [6.07, 6.45) is 4.24. The summed E-state index contributed by atoms with van der Waals surface area (Å²) in [5, 5.41) is 9.50. The summed E-state index contributed by atoms with van der Waals surface area (Å²) in [5.41, 5.74) is -0.378. The van der Waals surface area contributed by atoms with E-state index in [1.807, 2.05) is 6.92 Å². The summed E-state index contributed by atoms with van der Waals surface area (Å²) in [6.45, 7) is 2.16. The first-order valence-corrected chi connectivity index (χ1v) is 7.06. The molecule has 1 aromatic rings. The van der Waals surface area contributed by atoms with Crippen molar-refractivity contribution in [3.05, 3.63) is 10.0 Å². The summed E-state index contributed by atoms with van der Waals surface area (Å²) in [7, 11) is 0. The van der Waals surface area contributed by atoms with Gasteiger partial charge in [0, 0.05) is 6.42 Å². The molecule has 2 fully saturated rings. The first-order valence-electron chi connectivity index (χ1n) is 6.24. The largest absolute Gasteiger partial charge is 0.275 e. The lowest BCUT2D eigenvalue weighted by molar-refractivity contribution is -0.142. The Balaban J connectivity index is 1.80. The van der Waals surface area contributed by atoms with Crippen LogP contribution in [0.2, 0.25) is 0 Å². The average molecular weight is 265 g/mol. The van der Waals surface area contributed by atoms with Gasteiger partial charge in [-0.25, -0.2) is 0 Å². The number of hydrogen-bond donors (Lipinski definition) is 0. The number of amides is 2. The van der Waals surface area contributed by atoms with Gasteiger partial charge in [0.05, 0.1) is 12.0 Å². The van der Waals surface area contributed by atoms with E-state index in [2.05, 4.69) is 10.2 Å². The maximum absolute atomic E-state index is 12.4. The minimum absolute atomic E-state index is 0.0119. The molecular formula is C12H15N3O2S. The smallest absolute Gasteiger partial charge is 0.236 e. The lowest BCUT2D eigenvalue weighted by Crippen LogP contribution is -2.33. The lowest BCUT2D eigenvalue weighted by Gasteiger charge is -2.20. The van der Waals surface area contributed by atoms with Gasteiger partial charge in [0.1, 0.15) is 10.0 Å². The third-order valence-corrected chi connectivity index (χ3v) is 4.73. The van der Waals surface area contributed by atoms with Gasteiger partial charge < -0.3 is 0 Å². The first-order chi connectivity index (χ1) is 8.61. The van der Waals surface area contributed by atoms with Gasteiger partial charge in [0.2, 0.25) is 11.8 Å². The highest BCUT2D eigenvalue weighted by atomic mass is 32.1. The van der Waals surface area contributed by atoms with Crippen LogP contribution < -0.4 is 0 Å². The molecule has 0 radical (unpaired) electrons. The van der Waals surface area contributed by atoms with Crippen molar-refractivity contribution in [3.63, 3.8) is 0 Å². The molecular weight excluding hydrogens is 250 g/mol. The van der Waals surface area contributed by atoms with E-state index in [0.717, 1.165) is 35.7 Å². The number of hydrogen-bond acceptors (Lipinski definition) is 5. The van der Waals surface area contributed by atoms with Gasteiger partial charge >= 0.3 is 0 Å². The molecule has 1 aromatic heterocycles. The molecule has 5 nitrogen and oxygen atoms in total. The molecule has 0 unspecified atom stereocenters. The zero-order chi connectivity index (χ0) is 12.8. The Morgan fingerprint density at radius 2 is 2.00 bits per heavy atom. The van der Waals surface area contributed by atoms with Crippen LogP contribution in [0.3, 0.4) is 0 Å². The monoisotopic (exact) mass is 265 g/mol. The van der Waals surface area contributed by atoms with E-state index in [9.17, 15) is 9.59 Å². The van der Waals surface area contributed by atoms with Gasteiger partial charge in [0.15, 0.2) is 0 Å². The zero-order valence-corrected chi connectivity index (χ0v) is 11.1. The highest BCUT2D eigenvalue weighted by Gasteiger charge is 2.52. The number of aromatic nitrogens is 2. The van der Waals surface area contributed by atoms with Crippen molar-refractivity contribution in [3.8, 4) is 0 Å². The summed E-state index contributed by atoms with van der Waals surface area (Å²) in [4.78, 5) is 25.8. The van der Waals surface area contributed by atoms with Crippen LogP contribution in [0.4, 0.5) is 0 Å². The van der Waals surface area contributed by atoms with E-state index in [1.54, 1.807) is 0 Å². The molecule has 96 valence electrons. The predicted molar refractivity (Wildman–Crippen MR) is 65.7 cm³/mol. The molecule has 1 aliphatic heterocycles. The van der Waals surface area contributed by atoms with Gasteiger partial charge in [0.25, 0.3) is 0 Å². The summed E-state index contributed by atoms with van der Waals surface area (Å²) < 4.78 is 0. The van der Waals surface area contributed by atoms with Crippen molar-refractivity contribution in [1.29, 1.82) is 0 Å². The molecule has 0 N–H and O–H groups in total. The van der Waals surface area contributed by atoms with E-state index in [-0.39, 0.29) is 17.2 Å². The maximum atomic E-state index is 12.4. The van der Waals surface area contributed by atoms with Crippen molar-refractivity contribution in [2.24, 2.45) is 5.41 Å². The van der Waals surface area contributed by atoms with Crippen LogP contribution in [0.15, 0.2) is 0 Å². The second kappa shape index (κ2) is 4.12. The molecule has 1 saturated carbocycles. The van der Waals surface area contributed by atoms with E-state index < -0.39 is 0 Å². The van der Waals surface area contributed by atoms with Crippen molar-refractivity contribution in [1.82, 2.24) is 15.1 Å². The number of carbonyl (C=O) groups excluding carboxylic acids is 2. The van der Waals surface area contributed by atoms with Gasteiger partial charge in [-0.15, -0.1) is 10.2 Å². The molecule has 2 aliphatic rings. The van der Waals surface area contributed by atoms with Crippen LogP contribution in [-0.2, 0) is 16.1 Å². The summed E-state index contributed by atoms with van der Waals surface area (Å²) in [6, 6.07) is 0. The lowest BCUT2D eigenvalue weighted by atomic mass is 9.84. The number of likely N-dealkylation sites (tertiary alicyclic amines) is 1. The minimum atomic E-state index is -0.378. The van der Waals surface area contributed by atoms with Gasteiger partial charge in [-0.1, -0.05) is 24.2 Å². The van der Waals surface area contributed by atoms with Crippen molar-refractivity contribution >= 4 is 23.2 Å². The number of imide groups is 1. The molecule has 1 saturated heterocycles. The Kier molecular flexibility index (Phi) is 2.69. The number of nitrogens with zero attached hydrogens (tertiary/aromatic N) is 3. The zero-order valence-electron chi connectivity index (χ0n) is 10.3. The normalized spacial score (nSPS) is 22.4. The van der Waals surface area contributed by atoms with Gasteiger partial charge in [-0.05, 0) is 19.8 Å². The first kappa shape index (κ1) is 11.8. The summed E-state index contributed by atoms with van der Waals surface area (Å²) in [5.74, 6) is -0.0346. The molecule has 2 heterocycles. The van der Waals surface area contributed by atoms with Crippen LogP contribution in [0, 0.1) is 12.3 Å². The molecule has 18 heavy (non-hydrogen) atoms. The van der Waals surface area contributed by atoms with Crippen LogP contribution in [0.5, 0.6) is 0 Å². The number of aryl methyl sites for hydroxylation is 1. The fraction of sp³-hybridized carbons (Fsp3) is 0.667. The summed E-state index contributed by atoms with van der Waals surface area (Å²) >= 11 is 1.44. The van der Waals surface area contributed by atoms with Gasteiger partial charge in [-0.2, -0.15) is 0 Å². The Labute approximate surface area is 109 Å². The Morgan fingerprint density at radius 1 is 1.28 bits per heavy atom.